The summed E-state index contributed by atoms with van der Waals surface area (Å²) in [7, 11) is 0. The van der Waals surface area contributed by atoms with Gasteiger partial charge < -0.3 is 11.1 Å². The van der Waals surface area contributed by atoms with E-state index in [4.69, 9.17) is 5.73 Å². The number of amides is 1. The van der Waals surface area contributed by atoms with Crippen LogP contribution in [-0.2, 0) is 4.79 Å². The molecule has 0 aliphatic heterocycles. The zero-order valence-corrected chi connectivity index (χ0v) is 10.0. The lowest BCUT2D eigenvalue weighted by molar-refractivity contribution is -0.126. The molecule has 0 heterocycles. The minimum Gasteiger partial charge on any atom is -0.355 e. The van der Waals surface area contributed by atoms with Crippen LogP contribution in [0.2, 0.25) is 0 Å². The molecule has 0 aromatic carbocycles. The summed E-state index contributed by atoms with van der Waals surface area (Å²) in [4.78, 5) is 11.7. The third kappa shape index (κ3) is 4.65. The van der Waals surface area contributed by atoms with Gasteiger partial charge in [0.1, 0.15) is 0 Å². The quantitative estimate of drug-likeness (QED) is 0.632. The van der Waals surface area contributed by atoms with Crippen LogP contribution in [0.1, 0.15) is 52.4 Å². The minimum atomic E-state index is -0.686. The molecule has 0 saturated heterocycles. The van der Waals surface area contributed by atoms with E-state index in [1.165, 1.54) is 19.3 Å². The van der Waals surface area contributed by atoms with Gasteiger partial charge in [0.15, 0.2) is 0 Å². The van der Waals surface area contributed by atoms with Crippen LogP contribution in [0.3, 0.4) is 0 Å². The molecule has 0 radical (unpaired) electrons. The molecule has 1 unspecified atom stereocenters. The molecular weight excluding hydrogens is 188 g/mol. The second-order valence-corrected chi connectivity index (χ2v) is 5.01. The van der Waals surface area contributed by atoms with Crippen LogP contribution in [0.15, 0.2) is 0 Å². The molecule has 1 aliphatic carbocycles. The van der Waals surface area contributed by atoms with Gasteiger partial charge in [-0.25, -0.2) is 0 Å². The van der Waals surface area contributed by atoms with Gasteiger partial charge >= 0.3 is 0 Å². The normalized spacial score (nSPS) is 19.7. The van der Waals surface area contributed by atoms with Crippen molar-refractivity contribution in [3.8, 4) is 0 Å². The zero-order valence-electron chi connectivity index (χ0n) is 10.0. The largest absolute Gasteiger partial charge is 0.355 e. The van der Waals surface area contributed by atoms with Crippen molar-refractivity contribution < 1.29 is 4.79 Å². The third-order valence-corrected chi connectivity index (χ3v) is 3.06. The van der Waals surface area contributed by atoms with Crippen LogP contribution in [-0.4, -0.2) is 18.0 Å². The van der Waals surface area contributed by atoms with E-state index < -0.39 is 5.54 Å². The number of carbonyl (C=O) groups excluding carboxylic acids is 1. The number of carbonyl (C=O) groups is 1. The summed E-state index contributed by atoms with van der Waals surface area (Å²) < 4.78 is 0. The topological polar surface area (TPSA) is 55.1 Å². The first kappa shape index (κ1) is 12.5. The van der Waals surface area contributed by atoms with Gasteiger partial charge in [0.25, 0.3) is 0 Å². The highest BCUT2D eigenvalue weighted by atomic mass is 16.2. The van der Waals surface area contributed by atoms with Crippen LogP contribution < -0.4 is 11.1 Å². The Morgan fingerprint density at radius 3 is 2.73 bits per heavy atom. The first-order chi connectivity index (χ1) is 7.06. The summed E-state index contributed by atoms with van der Waals surface area (Å²) in [6.45, 7) is 4.64. The van der Waals surface area contributed by atoms with Gasteiger partial charge in [0.2, 0.25) is 5.91 Å². The summed E-state index contributed by atoms with van der Waals surface area (Å²) in [5, 5.41) is 2.93. The zero-order chi connectivity index (χ0) is 11.3. The molecule has 88 valence electrons. The van der Waals surface area contributed by atoms with Gasteiger partial charge in [-0.2, -0.15) is 0 Å². The van der Waals surface area contributed by atoms with Gasteiger partial charge in [0.05, 0.1) is 5.54 Å². The minimum absolute atomic E-state index is 0.000136. The van der Waals surface area contributed by atoms with Gasteiger partial charge in [-0.1, -0.05) is 26.2 Å². The van der Waals surface area contributed by atoms with Crippen molar-refractivity contribution in [3.05, 3.63) is 0 Å². The van der Waals surface area contributed by atoms with E-state index in [9.17, 15) is 4.79 Å². The summed E-state index contributed by atoms with van der Waals surface area (Å²) in [6, 6.07) is 0. The number of rotatable bonds is 7. The highest BCUT2D eigenvalue weighted by molar-refractivity contribution is 5.85. The Bertz CT molecular complexity index is 210. The first-order valence-corrected chi connectivity index (χ1v) is 6.13. The van der Waals surface area contributed by atoms with Crippen molar-refractivity contribution in [2.75, 3.05) is 6.54 Å². The Labute approximate surface area is 92.8 Å². The molecule has 0 spiro atoms. The van der Waals surface area contributed by atoms with E-state index >= 15 is 0 Å². The number of nitrogens with two attached hydrogens (primary N) is 1. The van der Waals surface area contributed by atoms with E-state index in [0.717, 1.165) is 31.7 Å². The van der Waals surface area contributed by atoms with Crippen LogP contribution in [0.4, 0.5) is 0 Å². The lowest BCUT2D eigenvalue weighted by atomic mass is 9.96. The monoisotopic (exact) mass is 212 g/mol. The second kappa shape index (κ2) is 5.50. The maximum atomic E-state index is 11.7. The molecule has 1 amide bonds. The van der Waals surface area contributed by atoms with Gasteiger partial charge in [-0.3, -0.25) is 4.79 Å². The van der Waals surface area contributed by atoms with Crippen molar-refractivity contribution in [3.63, 3.8) is 0 Å². The molecule has 3 heteroatoms. The average molecular weight is 212 g/mol. The predicted molar refractivity (Wildman–Crippen MR) is 62.5 cm³/mol. The van der Waals surface area contributed by atoms with E-state index in [2.05, 4.69) is 5.32 Å². The molecule has 0 aromatic heterocycles. The Balaban J connectivity index is 2.10. The number of nitrogens with one attached hydrogen (secondary N) is 1. The fraction of sp³-hybridized carbons (Fsp3) is 0.917. The van der Waals surface area contributed by atoms with Gasteiger partial charge in [-0.15, -0.1) is 0 Å². The number of hydrogen-bond donors (Lipinski definition) is 2. The summed E-state index contributed by atoms with van der Waals surface area (Å²) >= 11 is 0. The van der Waals surface area contributed by atoms with Gasteiger partial charge in [-0.05, 0) is 32.1 Å². The molecule has 0 bridgehead atoms. The molecule has 3 nitrogen and oxygen atoms in total. The maximum Gasteiger partial charge on any atom is 0.239 e. The van der Waals surface area contributed by atoms with E-state index in [1.807, 2.05) is 13.8 Å². The molecule has 15 heavy (non-hydrogen) atoms. The average Bonchev–Trinajstić information content (AvgIpc) is 2.95. The maximum absolute atomic E-state index is 11.7. The fourth-order valence-corrected chi connectivity index (χ4v) is 1.83. The van der Waals surface area contributed by atoms with Crippen molar-refractivity contribution in [2.24, 2.45) is 11.7 Å². The van der Waals surface area contributed by atoms with Crippen LogP contribution in [0.25, 0.3) is 0 Å². The molecular formula is C12H24N2O. The Morgan fingerprint density at radius 1 is 1.53 bits per heavy atom. The second-order valence-electron chi connectivity index (χ2n) is 5.01. The first-order valence-electron chi connectivity index (χ1n) is 6.13. The summed E-state index contributed by atoms with van der Waals surface area (Å²) in [5.74, 6) is 0.946. The standard InChI is InChI=1S/C12H24N2O/c1-3-8-12(2,13)11(15)14-9-4-5-10-6-7-10/h10H,3-9,13H2,1-2H3,(H,14,15). The van der Waals surface area contributed by atoms with E-state index in [1.54, 1.807) is 0 Å². The predicted octanol–water partition coefficient (Wildman–Crippen LogP) is 1.81. The Morgan fingerprint density at radius 2 is 2.20 bits per heavy atom. The molecule has 1 saturated carbocycles. The molecule has 1 aliphatic rings. The van der Waals surface area contributed by atoms with Crippen molar-refractivity contribution in [1.29, 1.82) is 0 Å². The van der Waals surface area contributed by atoms with Gasteiger partial charge in [0, 0.05) is 6.54 Å². The van der Waals surface area contributed by atoms with Crippen LogP contribution in [0.5, 0.6) is 0 Å². The number of hydrogen-bond acceptors (Lipinski definition) is 2. The fourth-order valence-electron chi connectivity index (χ4n) is 1.83. The lowest BCUT2D eigenvalue weighted by Crippen LogP contribution is -2.51. The SMILES string of the molecule is CCCC(C)(N)C(=O)NCCCC1CC1. The molecule has 1 rings (SSSR count). The third-order valence-electron chi connectivity index (χ3n) is 3.06. The Hall–Kier alpha value is -0.570. The van der Waals surface area contributed by atoms with Crippen LogP contribution in [0, 0.1) is 5.92 Å². The molecule has 3 N–H and O–H groups in total. The highest BCUT2D eigenvalue weighted by Crippen LogP contribution is 2.33. The Kier molecular flexibility index (Phi) is 4.58. The smallest absolute Gasteiger partial charge is 0.239 e. The highest BCUT2D eigenvalue weighted by Gasteiger charge is 2.26. The van der Waals surface area contributed by atoms with E-state index in [0.29, 0.717) is 0 Å². The summed E-state index contributed by atoms with van der Waals surface area (Å²) in [6.07, 6.45) is 6.83. The van der Waals surface area contributed by atoms with Crippen molar-refractivity contribution in [1.82, 2.24) is 5.32 Å². The van der Waals surface area contributed by atoms with E-state index in [-0.39, 0.29) is 5.91 Å². The molecule has 1 atom stereocenters. The van der Waals surface area contributed by atoms with Crippen molar-refractivity contribution >= 4 is 5.91 Å². The van der Waals surface area contributed by atoms with Crippen LogP contribution >= 0.6 is 0 Å². The lowest BCUT2D eigenvalue weighted by Gasteiger charge is -2.22. The summed E-state index contributed by atoms with van der Waals surface area (Å²) in [5.41, 5.74) is 5.23. The molecule has 1 fully saturated rings. The van der Waals surface area contributed by atoms with Crippen molar-refractivity contribution in [2.45, 2.75) is 57.9 Å². The molecule has 0 aromatic rings.